The monoisotopic (exact) mass is 291 g/mol. The molecule has 110 valence electrons. The van der Waals surface area contributed by atoms with Gasteiger partial charge < -0.3 is 9.88 Å². The molecule has 1 N–H and O–H groups in total. The molecule has 2 aromatic heterocycles. The Hall–Kier alpha value is -2.88. The normalized spacial score (nSPS) is 11.9. The first-order valence-corrected chi connectivity index (χ1v) is 7.18. The number of carbonyl (C=O) groups excluding carboxylic acids is 1. The second kappa shape index (κ2) is 6.26. The molecule has 0 bridgehead atoms. The molecule has 0 fully saturated rings. The second-order valence-electron chi connectivity index (χ2n) is 5.11. The van der Waals surface area contributed by atoms with E-state index in [4.69, 9.17) is 0 Å². The Bertz CT molecular complexity index is 734. The smallest absolute Gasteiger partial charge is 0.251 e. The Morgan fingerprint density at radius 1 is 1.05 bits per heavy atom. The van der Waals surface area contributed by atoms with Crippen LogP contribution >= 0.6 is 0 Å². The van der Waals surface area contributed by atoms with E-state index in [-0.39, 0.29) is 11.9 Å². The van der Waals surface area contributed by atoms with Crippen molar-refractivity contribution < 1.29 is 4.79 Å². The molecule has 2 heterocycles. The molecule has 22 heavy (non-hydrogen) atoms. The molecule has 0 aliphatic carbocycles. The third-order valence-electron chi connectivity index (χ3n) is 3.59. The predicted molar refractivity (Wildman–Crippen MR) is 85.9 cm³/mol. The van der Waals surface area contributed by atoms with Crippen molar-refractivity contribution in [1.82, 2.24) is 14.9 Å². The number of hydrogen-bond acceptors (Lipinski definition) is 2. The molecule has 4 nitrogen and oxygen atoms in total. The maximum absolute atomic E-state index is 12.1. The number of benzene rings is 1. The van der Waals surface area contributed by atoms with Crippen LogP contribution in [-0.4, -0.2) is 15.5 Å². The first-order chi connectivity index (χ1) is 10.7. The van der Waals surface area contributed by atoms with Crippen molar-refractivity contribution in [1.29, 1.82) is 0 Å². The third kappa shape index (κ3) is 3.06. The van der Waals surface area contributed by atoms with Crippen molar-refractivity contribution in [3.8, 4) is 5.69 Å². The molecule has 0 radical (unpaired) electrons. The van der Waals surface area contributed by atoms with Crippen LogP contribution in [0.2, 0.25) is 0 Å². The standard InChI is InChI=1S/C18H17N3O/c1-14(20-18(22)16-8-10-19-11-9-16)15-4-6-17(7-5-15)21-12-2-3-13-21/h2-14H,1H3,(H,20,22). The Kier molecular flexibility index (Phi) is 4.01. The van der Waals surface area contributed by atoms with Gasteiger partial charge in [-0.05, 0) is 48.9 Å². The Morgan fingerprint density at radius 3 is 2.32 bits per heavy atom. The fraction of sp³-hybridized carbons (Fsp3) is 0.111. The zero-order valence-corrected chi connectivity index (χ0v) is 12.3. The SMILES string of the molecule is CC(NC(=O)c1ccncc1)c1ccc(-n2cccc2)cc1. The van der Waals surface area contributed by atoms with Crippen molar-refractivity contribution in [2.24, 2.45) is 0 Å². The molecule has 0 aliphatic heterocycles. The number of hydrogen-bond donors (Lipinski definition) is 1. The molecule has 4 heteroatoms. The Balaban J connectivity index is 1.70. The van der Waals surface area contributed by atoms with E-state index < -0.39 is 0 Å². The van der Waals surface area contributed by atoms with Crippen LogP contribution in [0.25, 0.3) is 5.69 Å². The van der Waals surface area contributed by atoms with Gasteiger partial charge in [-0.1, -0.05) is 12.1 Å². The van der Waals surface area contributed by atoms with Crippen LogP contribution in [0.5, 0.6) is 0 Å². The highest BCUT2D eigenvalue weighted by Gasteiger charge is 2.11. The minimum atomic E-state index is -0.0932. The summed E-state index contributed by atoms with van der Waals surface area (Å²) in [7, 11) is 0. The topological polar surface area (TPSA) is 46.9 Å². The van der Waals surface area contributed by atoms with E-state index >= 15 is 0 Å². The summed E-state index contributed by atoms with van der Waals surface area (Å²) in [5.74, 6) is -0.0932. The minimum absolute atomic E-state index is 0.0561. The number of aromatic nitrogens is 2. The maximum atomic E-state index is 12.1. The van der Waals surface area contributed by atoms with Crippen LogP contribution in [0.15, 0.2) is 73.3 Å². The molecule has 1 amide bonds. The first-order valence-electron chi connectivity index (χ1n) is 7.18. The molecule has 0 saturated carbocycles. The molecule has 1 atom stereocenters. The fourth-order valence-electron chi connectivity index (χ4n) is 2.31. The lowest BCUT2D eigenvalue weighted by Gasteiger charge is -2.15. The summed E-state index contributed by atoms with van der Waals surface area (Å²) in [4.78, 5) is 16.1. The zero-order valence-electron chi connectivity index (χ0n) is 12.3. The highest BCUT2D eigenvalue weighted by Crippen LogP contribution is 2.16. The van der Waals surface area contributed by atoms with Gasteiger partial charge in [-0.15, -0.1) is 0 Å². The minimum Gasteiger partial charge on any atom is -0.346 e. The summed E-state index contributed by atoms with van der Waals surface area (Å²) < 4.78 is 2.05. The largest absolute Gasteiger partial charge is 0.346 e. The van der Waals surface area contributed by atoms with Crippen molar-refractivity contribution in [2.45, 2.75) is 13.0 Å². The molecule has 3 aromatic rings. The molecule has 3 rings (SSSR count). The highest BCUT2D eigenvalue weighted by atomic mass is 16.1. The zero-order chi connectivity index (χ0) is 15.4. The average molecular weight is 291 g/mol. The predicted octanol–water partition coefficient (Wildman–Crippen LogP) is 3.36. The summed E-state index contributed by atoms with van der Waals surface area (Å²) in [5.41, 5.74) is 2.78. The van der Waals surface area contributed by atoms with E-state index in [1.807, 2.05) is 60.3 Å². The van der Waals surface area contributed by atoms with E-state index in [1.165, 1.54) is 0 Å². The van der Waals surface area contributed by atoms with E-state index in [0.717, 1.165) is 11.3 Å². The maximum Gasteiger partial charge on any atom is 0.251 e. The van der Waals surface area contributed by atoms with Crippen LogP contribution in [-0.2, 0) is 0 Å². The molecule has 0 saturated heterocycles. The lowest BCUT2D eigenvalue weighted by atomic mass is 10.1. The second-order valence-corrected chi connectivity index (χ2v) is 5.11. The molecule has 0 aliphatic rings. The van der Waals surface area contributed by atoms with Gasteiger partial charge in [0, 0.05) is 36.0 Å². The molecular formula is C18H17N3O. The van der Waals surface area contributed by atoms with Crippen molar-refractivity contribution >= 4 is 5.91 Å². The van der Waals surface area contributed by atoms with Gasteiger partial charge in [0.05, 0.1) is 6.04 Å². The van der Waals surface area contributed by atoms with E-state index in [2.05, 4.69) is 10.3 Å². The lowest BCUT2D eigenvalue weighted by Crippen LogP contribution is -2.26. The van der Waals surface area contributed by atoms with Crippen molar-refractivity contribution in [3.63, 3.8) is 0 Å². The molecule has 1 unspecified atom stereocenters. The Labute approximate surface area is 129 Å². The quantitative estimate of drug-likeness (QED) is 0.801. The van der Waals surface area contributed by atoms with Gasteiger partial charge in [-0.3, -0.25) is 9.78 Å². The van der Waals surface area contributed by atoms with Gasteiger partial charge in [0.1, 0.15) is 0 Å². The number of nitrogens with zero attached hydrogens (tertiary/aromatic N) is 2. The van der Waals surface area contributed by atoms with E-state index in [1.54, 1.807) is 24.5 Å². The fourth-order valence-corrected chi connectivity index (χ4v) is 2.31. The van der Waals surface area contributed by atoms with Gasteiger partial charge in [-0.2, -0.15) is 0 Å². The van der Waals surface area contributed by atoms with Crippen LogP contribution in [0.4, 0.5) is 0 Å². The third-order valence-corrected chi connectivity index (χ3v) is 3.59. The van der Waals surface area contributed by atoms with Crippen molar-refractivity contribution in [2.75, 3.05) is 0 Å². The van der Waals surface area contributed by atoms with Gasteiger partial charge in [0.2, 0.25) is 0 Å². The van der Waals surface area contributed by atoms with Crippen LogP contribution < -0.4 is 5.32 Å². The lowest BCUT2D eigenvalue weighted by molar-refractivity contribution is 0.0940. The van der Waals surface area contributed by atoms with Crippen molar-refractivity contribution in [3.05, 3.63) is 84.4 Å². The van der Waals surface area contributed by atoms with Gasteiger partial charge >= 0.3 is 0 Å². The van der Waals surface area contributed by atoms with E-state index in [0.29, 0.717) is 5.56 Å². The van der Waals surface area contributed by atoms with Gasteiger partial charge in [0.25, 0.3) is 5.91 Å². The number of nitrogens with one attached hydrogen (secondary N) is 1. The van der Waals surface area contributed by atoms with Gasteiger partial charge in [0.15, 0.2) is 0 Å². The average Bonchev–Trinajstić information content (AvgIpc) is 3.10. The van der Waals surface area contributed by atoms with Crippen LogP contribution in [0, 0.1) is 0 Å². The molecular weight excluding hydrogens is 274 g/mol. The van der Waals surface area contributed by atoms with E-state index in [9.17, 15) is 4.79 Å². The number of pyridine rings is 1. The van der Waals surface area contributed by atoms with Crippen LogP contribution in [0.1, 0.15) is 28.9 Å². The summed E-state index contributed by atoms with van der Waals surface area (Å²) in [6.07, 6.45) is 7.24. The summed E-state index contributed by atoms with van der Waals surface area (Å²) >= 11 is 0. The number of amides is 1. The van der Waals surface area contributed by atoms with Gasteiger partial charge in [-0.25, -0.2) is 0 Å². The summed E-state index contributed by atoms with van der Waals surface area (Å²) in [6, 6.07) is 15.5. The molecule has 1 aromatic carbocycles. The highest BCUT2D eigenvalue weighted by molar-refractivity contribution is 5.94. The number of carbonyl (C=O) groups is 1. The summed E-state index contributed by atoms with van der Waals surface area (Å²) in [5, 5.41) is 2.99. The molecule has 0 spiro atoms. The summed E-state index contributed by atoms with van der Waals surface area (Å²) in [6.45, 7) is 1.98. The Morgan fingerprint density at radius 2 is 1.68 bits per heavy atom. The first kappa shape index (κ1) is 14.1. The van der Waals surface area contributed by atoms with Crippen LogP contribution in [0.3, 0.4) is 0 Å². The number of rotatable bonds is 4.